The van der Waals surface area contributed by atoms with Crippen LogP contribution in [0.4, 0.5) is 0 Å². The maximum atomic E-state index is 12.6. The lowest BCUT2D eigenvalue weighted by molar-refractivity contribution is 0.267. The van der Waals surface area contributed by atoms with Crippen molar-refractivity contribution in [2.24, 2.45) is 0 Å². The summed E-state index contributed by atoms with van der Waals surface area (Å²) in [7, 11) is 0. The summed E-state index contributed by atoms with van der Waals surface area (Å²) in [6.45, 7) is 14.8. The van der Waals surface area contributed by atoms with Crippen molar-refractivity contribution in [3.8, 4) is 0 Å². The standard InChI is InChI=1S/C26H35N3O/c1-18(2)28-11-12-29-23(21(28)5)16-25(30)27-24(29)17-26(9-7-6-8-10-26)22-14-19(3)13-20(4)15-22/h13-16,18H,5-12,17H2,1-4H3. The van der Waals surface area contributed by atoms with Crippen LogP contribution in [0.5, 0.6) is 0 Å². The lowest BCUT2D eigenvalue weighted by atomic mass is 9.66. The smallest absolute Gasteiger partial charge is 0.273 e. The van der Waals surface area contributed by atoms with Crippen molar-refractivity contribution in [3.63, 3.8) is 0 Å². The van der Waals surface area contributed by atoms with Crippen LogP contribution in [0.2, 0.25) is 0 Å². The minimum Gasteiger partial charge on any atom is -0.366 e. The Bertz CT molecular complexity index is 991. The van der Waals surface area contributed by atoms with Crippen LogP contribution >= 0.6 is 0 Å². The van der Waals surface area contributed by atoms with Crippen molar-refractivity contribution in [1.29, 1.82) is 0 Å². The van der Waals surface area contributed by atoms with Gasteiger partial charge in [-0.25, -0.2) is 0 Å². The minimum atomic E-state index is -0.144. The third-order valence-corrected chi connectivity index (χ3v) is 7.07. The molecule has 0 radical (unpaired) electrons. The molecular weight excluding hydrogens is 370 g/mol. The largest absolute Gasteiger partial charge is 0.366 e. The molecule has 0 N–H and O–H groups in total. The molecule has 1 aromatic heterocycles. The second kappa shape index (κ2) is 8.05. The molecule has 1 fully saturated rings. The van der Waals surface area contributed by atoms with Crippen molar-refractivity contribution in [1.82, 2.24) is 14.5 Å². The van der Waals surface area contributed by atoms with Crippen molar-refractivity contribution < 1.29 is 0 Å². The first-order valence-corrected chi connectivity index (χ1v) is 11.4. The first-order chi connectivity index (χ1) is 14.3. The van der Waals surface area contributed by atoms with Gasteiger partial charge in [0, 0.05) is 37.0 Å². The van der Waals surface area contributed by atoms with Crippen LogP contribution in [0.15, 0.2) is 35.6 Å². The Labute approximate surface area is 180 Å². The van der Waals surface area contributed by atoms with Gasteiger partial charge in [0.05, 0.1) is 11.4 Å². The zero-order valence-corrected chi connectivity index (χ0v) is 19.0. The predicted octanol–water partition coefficient (Wildman–Crippen LogP) is 5.00. The zero-order valence-electron chi connectivity index (χ0n) is 19.0. The molecule has 2 aromatic rings. The predicted molar refractivity (Wildman–Crippen MR) is 124 cm³/mol. The summed E-state index contributed by atoms with van der Waals surface area (Å²) in [6.07, 6.45) is 6.93. The normalized spacial score (nSPS) is 18.6. The first-order valence-electron chi connectivity index (χ1n) is 11.4. The van der Waals surface area contributed by atoms with Crippen LogP contribution in [0.3, 0.4) is 0 Å². The maximum Gasteiger partial charge on any atom is 0.273 e. The molecule has 0 unspecified atom stereocenters. The van der Waals surface area contributed by atoms with Gasteiger partial charge in [0.15, 0.2) is 0 Å². The van der Waals surface area contributed by atoms with Gasteiger partial charge in [0.2, 0.25) is 0 Å². The summed E-state index contributed by atoms with van der Waals surface area (Å²) >= 11 is 0. The zero-order chi connectivity index (χ0) is 21.5. The van der Waals surface area contributed by atoms with Crippen molar-refractivity contribution >= 4 is 5.70 Å². The lowest BCUT2D eigenvalue weighted by Gasteiger charge is -2.41. The molecule has 1 aromatic carbocycles. The minimum absolute atomic E-state index is 0.0626. The van der Waals surface area contributed by atoms with E-state index in [0.717, 1.165) is 49.6 Å². The molecule has 30 heavy (non-hydrogen) atoms. The molecule has 0 saturated heterocycles. The van der Waals surface area contributed by atoms with Gasteiger partial charge in [-0.1, -0.05) is 55.2 Å². The fourth-order valence-electron chi connectivity index (χ4n) is 5.62. The Morgan fingerprint density at radius 2 is 1.70 bits per heavy atom. The number of benzene rings is 1. The van der Waals surface area contributed by atoms with Crippen molar-refractivity contribution in [2.75, 3.05) is 6.54 Å². The molecule has 4 nitrogen and oxygen atoms in total. The average molecular weight is 406 g/mol. The van der Waals surface area contributed by atoms with Gasteiger partial charge in [0.1, 0.15) is 5.82 Å². The molecule has 0 spiro atoms. The van der Waals surface area contributed by atoms with Crippen molar-refractivity contribution in [2.45, 2.75) is 84.2 Å². The quantitative estimate of drug-likeness (QED) is 0.718. The number of aromatic nitrogens is 2. The van der Waals surface area contributed by atoms with E-state index in [0.29, 0.717) is 6.04 Å². The molecule has 1 aliphatic heterocycles. The van der Waals surface area contributed by atoms with Crippen LogP contribution < -0.4 is 5.56 Å². The van der Waals surface area contributed by atoms with E-state index in [1.54, 1.807) is 6.07 Å². The molecule has 2 aliphatic rings. The highest BCUT2D eigenvalue weighted by molar-refractivity contribution is 5.60. The third kappa shape index (κ3) is 3.84. The van der Waals surface area contributed by atoms with E-state index in [2.05, 4.69) is 66.9 Å². The van der Waals surface area contributed by atoms with Gasteiger partial charge in [-0.3, -0.25) is 4.79 Å². The van der Waals surface area contributed by atoms with E-state index in [1.165, 1.54) is 36.0 Å². The highest BCUT2D eigenvalue weighted by Gasteiger charge is 2.36. The van der Waals surface area contributed by atoms with Crippen molar-refractivity contribution in [3.05, 3.63) is 69.4 Å². The molecule has 160 valence electrons. The second-order valence-electron chi connectivity index (χ2n) is 9.68. The monoisotopic (exact) mass is 405 g/mol. The molecule has 4 rings (SSSR count). The number of hydrogen-bond acceptors (Lipinski definition) is 3. The summed E-state index contributed by atoms with van der Waals surface area (Å²) in [5.74, 6) is 0.933. The van der Waals surface area contributed by atoms with Crippen LogP contribution in [0.25, 0.3) is 5.70 Å². The van der Waals surface area contributed by atoms with Crippen LogP contribution in [0, 0.1) is 13.8 Å². The third-order valence-electron chi connectivity index (χ3n) is 7.07. The van der Waals surface area contributed by atoms with Crippen LogP contribution in [-0.2, 0) is 18.4 Å². The van der Waals surface area contributed by atoms with Gasteiger partial charge >= 0.3 is 0 Å². The molecule has 0 atom stereocenters. The average Bonchev–Trinajstić information content (AvgIpc) is 2.68. The van der Waals surface area contributed by atoms with Crippen LogP contribution in [-0.4, -0.2) is 27.0 Å². The number of hydrogen-bond donors (Lipinski definition) is 0. The molecular formula is C26H35N3O. The van der Waals surface area contributed by atoms with Gasteiger partial charge in [-0.2, -0.15) is 4.98 Å². The number of nitrogens with zero attached hydrogens (tertiary/aromatic N) is 3. The fraction of sp³-hybridized carbons (Fsp3) is 0.538. The number of aryl methyl sites for hydroxylation is 2. The first kappa shape index (κ1) is 20.9. The highest BCUT2D eigenvalue weighted by Crippen LogP contribution is 2.43. The molecule has 0 bridgehead atoms. The highest BCUT2D eigenvalue weighted by atomic mass is 16.1. The Morgan fingerprint density at radius 3 is 2.33 bits per heavy atom. The number of rotatable bonds is 4. The molecule has 1 saturated carbocycles. The molecule has 1 aliphatic carbocycles. The Hall–Kier alpha value is -2.36. The van der Waals surface area contributed by atoms with E-state index in [-0.39, 0.29) is 11.0 Å². The molecule has 4 heteroatoms. The van der Waals surface area contributed by atoms with Crippen LogP contribution in [0.1, 0.15) is 74.2 Å². The summed E-state index contributed by atoms with van der Waals surface area (Å²) in [4.78, 5) is 19.4. The summed E-state index contributed by atoms with van der Waals surface area (Å²) < 4.78 is 2.27. The van der Waals surface area contributed by atoms with E-state index in [9.17, 15) is 4.79 Å². The Balaban J connectivity index is 1.79. The van der Waals surface area contributed by atoms with Gasteiger partial charge in [0.25, 0.3) is 5.56 Å². The van der Waals surface area contributed by atoms with E-state index in [1.807, 2.05) is 0 Å². The van der Waals surface area contributed by atoms with Gasteiger partial charge in [-0.05, 0) is 46.1 Å². The SMILES string of the molecule is C=C1c2cc(=O)nc(CC3(c4cc(C)cc(C)c4)CCCCC3)n2CCN1C(C)C. The van der Waals surface area contributed by atoms with E-state index in [4.69, 9.17) is 0 Å². The summed E-state index contributed by atoms with van der Waals surface area (Å²) in [6, 6.07) is 9.01. The Morgan fingerprint density at radius 1 is 1.03 bits per heavy atom. The second-order valence-corrected chi connectivity index (χ2v) is 9.68. The van der Waals surface area contributed by atoms with Gasteiger partial charge < -0.3 is 9.47 Å². The Kier molecular flexibility index (Phi) is 5.61. The number of fused-ring (bicyclic) bond motifs is 1. The molecule has 2 heterocycles. The van der Waals surface area contributed by atoms with E-state index < -0.39 is 0 Å². The summed E-state index contributed by atoms with van der Waals surface area (Å²) in [5.41, 5.74) is 5.86. The maximum absolute atomic E-state index is 12.6. The topological polar surface area (TPSA) is 38.1 Å². The molecule has 0 amide bonds. The lowest BCUT2D eigenvalue weighted by Crippen LogP contribution is -2.41. The van der Waals surface area contributed by atoms with Gasteiger partial charge in [-0.15, -0.1) is 0 Å². The summed E-state index contributed by atoms with van der Waals surface area (Å²) in [5, 5.41) is 0. The fourth-order valence-corrected chi connectivity index (χ4v) is 5.62. The van der Waals surface area contributed by atoms with E-state index >= 15 is 0 Å².